The Hall–Kier alpha value is -3.16. The molecule has 1 aliphatic rings. The Labute approximate surface area is 137 Å². The average molecular weight is 324 g/mol. The minimum Gasteiger partial charge on any atom is -0.465 e. The molecule has 3 aromatic rings. The van der Waals surface area contributed by atoms with E-state index < -0.39 is 6.09 Å². The van der Waals surface area contributed by atoms with Crippen LogP contribution in [0.25, 0.3) is 16.9 Å². The fourth-order valence-electron chi connectivity index (χ4n) is 2.93. The molecular formula is C16H16N6O2. The summed E-state index contributed by atoms with van der Waals surface area (Å²) >= 11 is 0. The predicted octanol–water partition coefficient (Wildman–Crippen LogP) is 1.96. The lowest BCUT2D eigenvalue weighted by Crippen LogP contribution is -2.30. The molecule has 0 bridgehead atoms. The van der Waals surface area contributed by atoms with Crippen LogP contribution in [0.5, 0.6) is 0 Å². The van der Waals surface area contributed by atoms with Crippen molar-refractivity contribution in [2.45, 2.75) is 12.5 Å². The van der Waals surface area contributed by atoms with Gasteiger partial charge in [0.2, 0.25) is 0 Å². The van der Waals surface area contributed by atoms with Crippen LogP contribution in [0.2, 0.25) is 0 Å². The van der Waals surface area contributed by atoms with E-state index in [9.17, 15) is 4.79 Å². The average Bonchev–Trinajstić information content (AvgIpc) is 3.22. The van der Waals surface area contributed by atoms with Crippen molar-refractivity contribution < 1.29 is 9.90 Å². The van der Waals surface area contributed by atoms with Gasteiger partial charge in [-0.05, 0) is 30.7 Å². The standard InChI is InChI=1S/C16H16N6O2/c23-16(24)21-8-5-12(10-21)19-14-1-2-15-18-9-13(22(15)20-14)11-3-6-17-7-4-11/h1-4,6-7,9,12H,5,8,10H2,(H,19,20)(H,23,24)/t12-/m1/s1. The van der Waals surface area contributed by atoms with Crippen LogP contribution in [0, 0.1) is 0 Å². The predicted molar refractivity (Wildman–Crippen MR) is 87.8 cm³/mol. The van der Waals surface area contributed by atoms with Crippen LogP contribution in [-0.4, -0.2) is 54.8 Å². The fraction of sp³-hybridized carbons (Fsp3) is 0.250. The molecule has 1 atom stereocenters. The van der Waals surface area contributed by atoms with Crippen LogP contribution in [-0.2, 0) is 0 Å². The van der Waals surface area contributed by atoms with E-state index >= 15 is 0 Å². The SMILES string of the molecule is O=C(O)N1CC[C@@H](Nc2ccc3ncc(-c4ccncc4)n3n2)C1. The summed E-state index contributed by atoms with van der Waals surface area (Å²) in [7, 11) is 0. The van der Waals surface area contributed by atoms with E-state index in [4.69, 9.17) is 5.11 Å². The van der Waals surface area contributed by atoms with Crippen LogP contribution in [0.3, 0.4) is 0 Å². The number of likely N-dealkylation sites (tertiary alicyclic amines) is 1. The number of rotatable bonds is 3. The number of anilines is 1. The molecular weight excluding hydrogens is 308 g/mol. The molecule has 0 radical (unpaired) electrons. The highest BCUT2D eigenvalue weighted by Gasteiger charge is 2.26. The molecule has 2 N–H and O–H groups in total. The molecule has 0 spiro atoms. The second-order valence-corrected chi connectivity index (χ2v) is 5.73. The quantitative estimate of drug-likeness (QED) is 0.764. The largest absolute Gasteiger partial charge is 0.465 e. The molecule has 8 heteroatoms. The minimum absolute atomic E-state index is 0.0685. The van der Waals surface area contributed by atoms with Crippen molar-refractivity contribution in [3.05, 3.63) is 42.9 Å². The normalized spacial score (nSPS) is 17.3. The van der Waals surface area contributed by atoms with Crippen LogP contribution in [0.15, 0.2) is 42.9 Å². The fourth-order valence-corrected chi connectivity index (χ4v) is 2.93. The minimum atomic E-state index is -0.878. The number of fused-ring (bicyclic) bond motifs is 1. The molecule has 4 heterocycles. The second kappa shape index (κ2) is 5.80. The number of amides is 1. The second-order valence-electron chi connectivity index (χ2n) is 5.73. The molecule has 1 fully saturated rings. The van der Waals surface area contributed by atoms with Gasteiger partial charge in [-0.3, -0.25) is 4.98 Å². The summed E-state index contributed by atoms with van der Waals surface area (Å²) < 4.78 is 1.78. The molecule has 0 aliphatic carbocycles. The monoisotopic (exact) mass is 324 g/mol. The van der Waals surface area contributed by atoms with E-state index in [0.29, 0.717) is 18.9 Å². The van der Waals surface area contributed by atoms with E-state index in [1.165, 1.54) is 4.90 Å². The number of aromatic nitrogens is 4. The van der Waals surface area contributed by atoms with Gasteiger partial charge in [0.05, 0.1) is 11.9 Å². The Kier molecular flexibility index (Phi) is 3.49. The van der Waals surface area contributed by atoms with Crippen molar-refractivity contribution >= 4 is 17.6 Å². The maximum Gasteiger partial charge on any atom is 0.407 e. The third kappa shape index (κ3) is 2.62. The van der Waals surface area contributed by atoms with Gasteiger partial charge in [-0.2, -0.15) is 0 Å². The zero-order chi connectivity index (χ0) is 16.5. The number of nitrogens with one attached hydrogen (secondary N) is 1. The van der Waals surface area contributed by atoms with Gasteiger partial charge >= 0.3 is 6.09 Å². The van der Waals surface area contributed by atoms with Gasteiger partial charge in [0.25, 0.3) is 0 Å². The molecule has 8 nitrogen and oxygen atoms in total. The van der Waals surface area contributed by atoms with Gasteiger partial charge < -0.3 is 15.3 Å². The van der Waals surface area contributed by atoms with Crippen LogP contribution < -0.4 is 5.32 Å². The molecule has 0 unspecified atom stereocenters. The maximum absolute atomic E-state index is 11.0. The smallest absolute Gasteiger partial charge is 0.407 e. The van der Waals surface area contributed by atoms with Gasteiger partial charge in [-0.1, -0.05) is 0 Å². The number of hydrogen-bond donors (Lipinski definition) is 2. The Morgan fingerprint density at radius 2 is 2.08 bits per heavy atom. The maximum atomic E-state index is 11.0. The van der Waals surface area contributed by atoms with Crippen molar-refractivity contribution in [2.24, 2.45) is 0 Å². The third-order valence-electron chi connectivity index (χ3n) is 4.15. The molecule has 3 aromatic heterocycles. The summed E-state index contributed by atoms with van der Waals surface area (Å²) in [6.07, 6.45) is 5.14. The first kappa shape index (κ1) is 14.4. The molecule has 1 amide bonds. The molecule has 0 saturated carbocycles. The van der Waals surface area contributed by atoms with E-state index in [1.54, 1.807) is 23.1 Å². The Balaban J connectivity index is 1.60. The number of nitrogens with zero attached hydrogens (tertiary/aromatic N) is 5. The zero-order valence-corrected chi connectivity index (χ0v) is 12.8. The number of hydrogen-bond acceptors (Lipinski definition) is 5. The van der Waals surface area contributed by atoms with Gasteiger partial charge in [0.15, 0.2) is 5.65 Å². The van der Waals surface area contributed by atoms with Crippen molar-refractivity contribution in [3.8, 4) is 11.3 Å². The molecule has 1 aliphatic heterocycles. The first-order chi connectivity index (χ1) is 11.7. The highest BCUT2D eigenvalue weighted by molar-refractivity contribution is 5.66. The summed E-state index contributed by atoms with van der Waals surface area (Å²) in [5, 5.41) is 16.9. The van der Waals surface area contributed by atoms with Gasteiger partial charge in [0.1, 0.15) is 5.82 Å². The van der Waals surface area contributed by atoms with Gasteiger partial charge in [0, 0.05) is 37.1 Å². The highest BCUT2D eigenvalue weighted by Crippen LogP contribution is 2.21. The summed E-state index contributed by atoms with van der Waals surface area (Å²) in [6.45, 7) is 1.01. The van der Waals surface area contributed by atoms with Crippen molar-refractivity contribution in [3.63, 3.8) is 0 Å². The molecule has 1 saturated heterocycles. The lowest BCUT2D eigenvalue weighted by atomic mass is 10.2. The third-order valence-corrected chi connectivity index (χ3v) is 4.15. The van der Waals surface area contributed by atoms with Gasteiger partial charge in [-0.25, -0.2) is 14.3 Å². The summed E-state index contributed by atoms with van der Waals surface area (Å²) in [6, 6.07) is 7.64. The van der Waals surface area contributed by atoms with Crippen molar-refractivity contribution in [2.75, 3.05) is 18.4 Å². The topological polar surface area (TPSA) is 95.7 Å². The lowest BCUT2D eigenvalue weighted by Gasteiger charge is -2.14. The van der Waals surface area contributed by atoms with Crippen molar-refractivity contribution in [1.82, 2.24) is 24.5 Å². The van der Waals surface area contributed by atoms with Crippen LogP contribution in [0.1, 0.15) is 6.42 Å². The van der Waals surface area contributed by atoms with E-state index in [-0.39, 0.29) is 6.04 Å². The van der Waals surface area contributed by atoms with Crippen LogP contribution >= 0.6 is 0 Å². The lowest BCUT2D eigenvalue weighted by molar-refractivity contribution is 0.155. The number of carbonyl (C=O) groups is 1. The Morgan fingerprint density at radius 3 is 2.83 bits per heavy atom. The van der Waals surface area contributed by atoms with Crippen LogP contribution in [0.4, 0.5) is 10.6 Å². The van der Waals surface area contributed by atoms with E-state index in [0.717, 1.165) is 23.3 Å². The van der Waals surface area contributed by atoms with E-state index in [2.05, 4.69) is 20.4 Å². The number of imidazole rings is 1. The Morgan fingerprint density at radius 1 is 1.25 bits per heavy atom. The summed E-state index contributed by atoms with van der Waals surface area (Å²) in [5.74, 6) is 0.702. The summed E-state index contributed by atoms with van der Waals surface area (Å²) in [4.78, 5) is 20.8. The first-order valence-electron chi connectivity index (χ1n) is 7.70. The van der Waals surface area contributed by atoms with Crippen molar-refractivity contribution in [1.29, 1.82) is 0 Å². The molecule has 122 valence electrons. The van der Waals surface area contributed by atoms with E-state index in [1.807, 2.05) is 24.3 Å². The molecule has 0 aromatic carbocycles. The Bertz CT molecular complexity index is 879. The number of pyridine rings is 1. The number of carboxylic acid groups (broad SMARTS) is 1. The van der Waals surface area contributed by atoms with Gasteiger partial charge in [-0.15, -0.1) is 5.10 Å². The molecule has 24 heavy (non-hydrogen) atoms. The molecule has 4 rings (SSSR count). The summed E-state index contributed by atoms with van der Waals surface area (Å²) in [5.41, 5.74) is 2.63. The highest BCUT2D eigenvalue weighted by atomic mass is 16.4. The zero-order valence-electron chi connectivity index (χ0n) is 12.8. The first-order valence-corrected chi connectivity index (χ1v) is 7.70.